The molecule has 0 spiro atoms. The number of nitrogens with two attached hydrogens (primary N) is 1. The molecule has 0 rings (SSSR count). The van der Waals surface area contributed by atoms with E-state index in [1.54, 1.807) is 0 Å². The summed E-state index contributed by atoms with van der Waals surface area (Å²) >= 11 is 0. The molecule has 1 atom stereocenters. The molecule has 0 saturated carbocycles. The van der Waals surface area contributed by atoms with Crippen LogP contribution in [0.25, 0.3) is 0 Å². The van der Waals surface area contributed by atoms with Gasteiger partial charge in [0, 0.05) is 6.61 Å². The second kappa shape index (κ2) is 5.06. The van der Waals surface area contributed by atoms with Crippen LogP contribution in [-0.2, 0) is 0 Å². The molecule has 1 unspecified atom stereocenters. The molecule has 3 N–H and O–H groups in total. The largest absolute Gasteiger partial charge is 0.396 e. The van der Waals surface area contributed by atoms with Crippen molar-refractivity contribution in [2.75, 3.05) is 13.2 Å². The normalized spacial score (nSPS) is 13.9. The summed E-state index contributed by atoms with van der Waals surface area (Å²) in [4.78, 5) is 0. The predicted octanol–water partition coefficient (Wildman–Crippen LogP) is 0.354. The van der Waals surface area contributed by atoms with Gasteiger partial charge in [0.15, 0.2) is 0 Å². The first-order valence-corrected chi connectivity index (χ1v) is 3.12. The first kappa shape index (κ1) is 7.92. The lowest BCUT2D eigenvalue weighted by atomic mass is 10.1. The van der Waals surface area contributed by atoms with Crippen LogP contribution in [0.15, 0.2) is 0 Å². The zero-order chi connectivity index (χ0) is 6.41. The number of hydrogen-bond acceptors (Lipinski definition) is 2. The Balaban J connectivity index is 2.92. The third-order valence-electron chi connectivity index (χ3n) is 1.28. The summed E-state index contributed by atoms with van der Waals surface area (Å²) in [7, 11) is 0. The monoisotopic (exact) mass is 117 g/mol. The Bertz CT molecular complexity index is 41.8. The van der Waals surface area contributed by atoms with Gasteiger partial charge in [-0.05, 0) is 25.3 Å². The van der Waals surface area contributed by atoms with E-state index in [9.17, 15) is 0 Å². The van der Waals surface area contributed by atoms with Crippen molar-refractivity contribution in [3.63, 3.8) is 0 Å². The quantitative estimate of drug-likeness (QED) is 0.558. The summed E-state index contributed by atoms with van der Waals surface area (Å²) in [6.45, 7) is 3.13. The van der Waals surface area contributed by atoms with E-state index in [1.165, 1.54) is 0 Å². The van der Waals surface area contributed by atoms with Crippen LogP contribution >= 0.6 is 0 Å². The summed E-state index contributed by atoms with van der Waals surface area (Å²) in [5.41, 5.74) is 5.28. The summed E-state index contributed by atoms with van der Waals surface area (Å²) < 4.78 is 0. The third-order valence-corrected chi connectivity index (χ3v) is 1.28. The second-order valence-electron chi connectivity index (χ2n) is 2.19. The topological polar surface area (TPSA) is 46.2 Å². The Labute approximate surface area is 50.7 Å². The lowest BCUT2D eigenvalue weighted by Gasteiger charge is -2.04. The molecule has 0 fully saturated rings. The maximum Gasteiger partial charge on any atom is 0.0433 e. The molecule has 0 heterocycles. The number of hydrogen-bond donors (Lipinski definition) is 2. The van der Waals surface area contributed by atoms with E-state index in [2.05, 4.69) is 6.92 Å². The predicted molar refractivity (Wildman–Crippen MR) is 34.5 cm³/mol. The molecule has 50 valence electrons. The average molecular weight is 117 g/mol. The van der Waals surface area contributed by atoms with Gasteiger partial charge in [-0.25, -0.2) is 0 Å². The lowest BCUT2D eigenvalue weighted by Crippen LogP contribution is -2.06. The van der Waals surface area contributed by atoms with Gasteiger partial charge < -0.3 is 10.8 Å². The van der Waals surface area contributed by atoms with Crippen molar-refractivity contribution in [2.24, 2.45) is 11.7 Å². The molecule has 0 saturated heterocycles. The van der Waals surface area contributed by atoms with Gasteiger partial charge in [-0.1, -0.05) is 6.92 Å². The maximum atomic E-state index is 8.42. The van der Waals surface area contributed by atoms with Gasteiger partial charge in [0.05, 0.1) is 0 Å². The highest BCUT2D eigenvalue weighted by Gasteiger charge is 1.96. The molecule has 0 aromatic heterocycles. The first-order chi connectivity index (χ1) is 3.81. The Morgan fingerprint density at radius 3 is 2.50 bits per heavy atom. The third kappa shape index (κ3) is 4.09. The minimum absolute atomic E-state index is 0.293. The van der Waals surface area contributed by atoms with Crippen LogP contribution in [-0.4, -0.2) is 18.3 Å². The lowest BCUT2D eigenvalue weighted by molar-refractivity contribution is 0.259. The Morgan fingerprint density at radius 2 is 2.12 bits per heavy atom. The van der Waals surface area contributed by atoms with Crippen molar-refractivity contribution >= 4 is 0 Å². The number of rotatable bonds is 4. The zero-order valence-corrected chi connectivity index (χ0v) is 5.43. The molecule has 0 aliphatic rings. The van der Waals surface area contributed by atoms with Crippen molar-refractivity contribution in [3.8, 4) is 0 Å². The molecular formula is C6H15NO. The van der Waals surface area contributed by atoms with Crippen molar-refractivity contribution in [3.05, 3.63) is 0 Å². The number of aliphatic hydroxyl groups is 1. The molecule has 2 nitrogen and oxygen atoms in total. The molecular weight excluding hydrogens is 102 g/mol. The maximum absolute atomic E-state index is 8.42. The van der Waals surface area contributed by atoms with Crippen molar-refractivity contribution < 1.29 is 5.11 Å². The second-order valence-corrected chi connectivity index (χ2v) is 2.19. The highest BCUT2D eigenvalue weighted by atomic mass is 16.2. The molecule has 0 aliphatic carbocycles. The molecule has 0 aromatic carbocycles. The van der Waals surface area contributed by atoms with Gasteiger partial charge in [0.25, 0.3) is 0 Å². The first-order valence-electron chi connectivity index (χ1n) is 3.12. The molecule has 8 heavy (non-hydrogen) atoms. The van der Waals surface area contributed by atoms with Crippen LogP contribution in [0.4, 0.5) is 0 Å². The fourth-order valence-corrected chi connectivity index (χ4v) is 0.649. The van der Waals surface area contributed by atoms with E-state index in [0.717, 1.165) is 19.4 Å². The minimum Gasteiger partial charge on any atom is -0.396 e. The molecule has 0 bridgehead atoms. The Morgan fingerprint density at radius 1 is 1.50 bits per heavy atom. The summed E-state index contributed by atoms with van der Waals surface area (Å²) in [5.74, 6) is 0.588. The van der Waals surface area contributed by atoms with E-state index in [4.69, 9.17) is 10.8 Å². The Kier molecular flexibility index (Phi) is 5.01. The zero-order valence-electron chi connectivity index (χ0n) is 5.43. The van der Waals surface area contributed by atoms with Crippen LogP contribution < -0.4 is 5.73 Å². The van der Waals surface area contributed by atoms with Gasteiger partial charge in [-0.3, -0.25) is 0 Å². The van der Waals surface area contributed by atoms with Crippen LogP contribution in [0.2, 0.25) is 0 Å². The van der Waals surface area contributed by atoms with Gasteiger partial charge in [0.2, 0.25) is 0 Å². The van der Waals surface area contributed by atoms with E-state index < -0.39 is 0 Å². The van der Waals surface area contributed by atoms with Gasteiger partial charge >= 0.3 is 0 Å². The van der Waals surface area contributed by atoms with E-state index in [1.807, 2.05) is 0 Å². The molecule has 0 aromatic rings. The number of aliphatic hydroxyl groups excluding tert-OH is 1. The fraction of sp³-hybridized carbons (Fsp3) is 1.00. The molecule has 2 heteroatoms. The SMILES string of the molecule is CC(CCN)CCO. The summed E-state index contributed by atoms with van der Waals surface area (Å²) in [6.07, 6.45) is 1.91. The fourth-order valence-electron chi connectivity index (χ4n) is 0.649. The summed E-state index contributed by atoms with van der Waals surface area (Å²) in [6, 6.07) is 0. The van der Waals surface area contributed by atoms with Crippen LogP contribution in [0, 0.1) is 5.92 Å². The summed E-state index contributed by atoms with van der Waals surface area (Å²) in [5, 5.41) is 8.42. The average Bonchev–Trinajstić information content (AvgIpc) is 1.68. The van der Waals surface area contributed by atoms with Crippen LogP contribution in [0.3, 0.4) is 0 Å². The molecule has 0 aliphatic heterocycles. The highest BCUT2D eigenvalue weighted by Crippen LogP contribution is 2.03. The van der Waals surface area contributed by atoms with Crippen LogP contribution in [0.1, 0.15) is 19.8 Å². The van der Waals surface area contributed by atoms with Crippen molar-refractivity contribution in [2.45, 2.75) is 19.8 Å². The van der Waals surface area contributed by atoms with Crippen molar-refractivity contribution in [1.29, 1.82) is 0 Å². The highest BCUT2D eigenvalue weighted by molar-refractivity contribution is 4.51. The Hall–Kier alpha value is -0.0800. The minimum atomic E-state index is 0.293. The van der Waals surface area contributed by atoms with Gasteiger partial charge in [-0.15, -0.1) is 0 Å². The van der Waals surface area contributed by atoms with Gasteiger partial charge in [-0.2, -0.15) is 0 Å². The smallest absolute Gasteiger partial charge is 0.0433 e. The molecule has 0 radical (unpaired) electrons. The van der Waals surface area contributed by atoms with Crippen LogP contribution in [0.5, 0.6) is 0 Å². The van der Waals surface area contributed by atoms with E-state index >= 15 is 0 Å². The standard InChI is InChI=1S/C6H15NO/c1-6(2-4-7)3-5-8/h6,8H,2-5,7H2,1H3. The van der Waals surface area contributed by atoms with E-state index in [0.29, 0.717) is 12.5 Å². The van der Waals surface area contributed by atoms with Gasteiger partial charge in [0.1, 0.15) is 0 Å². The molecule has 0 amide bonds. The van der Waals surface area contributed by atoms with Crippen molar-refractivity contribution in [1.82, 2.24) is 0 Å². The van der Waals surface area contributed by atoms with E-state index in [-0.39, 0.29) is 0 Å².